The Hall–Kier alpha value is -0.800. The van der Waals surface area contributed by atoms with Gasteiger partial charge in [0.15, 0.2) is 0 Å². The molecule has 1 N–H and O–H groups in total. The second-order valence-electron chi connectivity index (χ2n) is 5.10. The standard InChI is InChI=1S/C15H26N2O/c1-3-5-6-14(17-11-9-16-10-12-17)15-8-7-13(4-2)18-15/h7-8,14,16H,3-6,9-12H2,1-2H3/t14-/m1/s1. The number of piperazine rings is 1. The van der Waals surface area contributed by atoms with Gasteiger partial charge >= 0.3 is 0 Å². The molecule has 0 aliphatic carbocycles. The number of nitrogens with zero attached hydrogens (tertiary/aromatic N) is 1. The van der Waals surface area contributed by atoms with Crippen LogP contribution in [0.15, 0.2) is 16.5 Å². The molecule has 3 heteroatoms. The smallest absolute Gasteiger partial charge is 0.121 e. The zero-order valence-electron chi connectivity index (χ0n) is 11.7. The molecule has 0 unspecified atom stereocenters. The molecule has 0 bridgehead atoms. The summed E-state index contributed by atoms with van der Waals surface area (Å²) in [5, 5.41) is 3.42. The van der Waals surface area contributed by atoms with E-state index >= 15 is 0 Å². The third kappa shape index (κ3) is 3.36. The molecule has 1 aromatic rings. The van der Waals surface area contributed by atoms with Crippen molar-refractivity contribution in [3.8, 4) is 0 Å². The molecule has 2 heterocycles. The highest BCUT2D eigenvalue weighted by atomic mass is 16.3. The molecule has 1 atom stereocenters. The van der Waals surface area contributed by atoms with E-state index in [1.54, 1.807) is 0 Å². The van der Waals surface area contributed by atoms with E-state index in [4.69, 9.17) is 4.42 Å². The molecule has 18 heavy (non-hydrogen) atoms. The van der Waals surface area contributed by atoms with Gasteiger partial charge in [-0.15, -0.1) is 0 Å². The van der Waals surface area contributed by atoms with Crippen LogP contribution in [-0.4, -0.2) is 31.1 Å². The zero-order chi connectivity index (χ0) is 12.8. The van der Waals surface area contributed by atoms with E-state index in [0.717, 1.165) is 38.4 Å². The maximum atomic E-state index is 5.98. The summed E-state index contributed by atoms with van der Waals surface area (Å²) in [4.78, 5) is 2.57. The van der Waals surface area contributed by atoms with E-state index in [9.17, 15) is 0 Å². The molecule has 0 saturated carbocycles. The van der Waals surface area contributed by atoms with Crippen molar-refractivity contribution >= 4 is 0 Å². The quantitative estimate of drug-likeness (QED) is 0.841. The fraction of sp³-hybridized carbons (Fsp3) is 0.733. The Bertz CT molecular complexity index is 342. The summed E-state index contributed by atoms with van der Waals surface area (Å²) in [6, 6.07) is 4.80. The lowest BCUT2D eigenvalue weighted by Gasteiger charge is -2.33. The van der Waals surface area contributed by atoms with Gasteiger partial charge in [0.05, 0.1) is 6.04 Å². The van der Waals surface area contributed by atoms with Gasteiger partial charge in [0, 0.05) is 32.6 Å². The van der Waals surface area contributed by atoms with Crippen LogP contribution in [0.25, 0.3) is 0 Å². The Labute approximate surface area is 111 Å². The van der Waals surface area contributed by atoms with Crippen LogP contribution in [0.3, 0.4) is 0 Å². The number of furan rings is 1. The fourth-order valence-electron chi connectivity index (χ4n) is 2.66. The van der Waals surface area contributed by atoms with Gasteiger partial charge in [-0.1, -0.05) is 26.7 Å². The molecule has 0 radical (unpaired) electrons. The lowest BCUT2D eigenvalue weighted by Crippen LogP contribution is -2.45. The molecule has 2 rings (SSSR count). The Morgan fingerprint density at radius 3 is 2.67 bits per heavy atom. The van der Waals surface area contributed by atoms with Crippen LogP contribution in [0, 0.1) is 0 Å². The van der Waals surface area contributed by atoms with Gasteiger partial charge in [-0.25, -0.2) is 0 Å². The molecule has 1 saturated heterocycles. The van der Waals surface area contributed by atoms with Gasteiger partial charge in [-0.2, -0.15) is 0 Å². The topological polar surface area (TPSA) is 28.4 Å². The molecule has 102 valence electrons. The molecule has 1 aliphatic rings. The maximum Gasteiger partial charge on any atom is 0.121 e. The van der Waals surface area contributed by atoms with Crippen molar-refractivity contribution in [3.05, 3.63) is 23.7 Å². The largest absolute Gasteiger partial charge is 0.464 e. The van der Waals surface area contributed by atoms with Crippen molar-refractivity contribution in [1.82, 2.24) is 10.2 Å². The van der Waals surface area contributed by atoms with Crippen molar-refractivity contribution in [2.24, 2.45) is 0 Å². The molecule has 1 aliphatic heterocycles. The highest BCUT2D eigenvalue weighted by Gasteiger charge is 2.24. The molecular weight excluding hydrogens is 224 g/mol. The third-order valence-corrected chi connectivity index (χ3v) is 3.78. The first-order valence-electron chi connectivity index (χ1n) is 7.38. The number of unbranched alkanes of at least 4 members (excludes halogenated alkanes) is 1. The van der Waals surface area contributed by atoms with Gasteiger partial charge < -0.3 is 9.73 Å². The van der Waals surface area contributed by atoms with Gasteiger partial charge in [0.25, 0.3) is 0 Å². The van der Waals surface area contributed by atoms with Crippen LogP contribution in [-0.2, 0) is 6.42 Å². The SMILES string of the molecule is CCCC[C@H](c1ccc(CC)o1)N1CCNCC1. The molecule has 0 aromatic carbocycles. The van der Waals surface area contributed by atoms with Crippen molar-refractivity contribution in [2.45, 2.75) is 45.6 Å². The molecule has 0 spiro atoms. The second kappa shape index (κ2) is 6.95. The summed E-state index contributed by atoms with van der Waals surface area (Å²) >= 11 is 0. The zero-order valence-corrected chi connectivity index (χ0v) is 11.7. The van der Waals surface area contributed by atoms with Crippen LogP contribution in [0.2, 0.25) is 0 Å². The van der Waals surface area contributed by atoms with E-state index in [2.05, 4.69) is 36.2 Å². The Kier molecular flexibility index (Phi) is 5.26. The van der Waals surface area contributed by atoms with E-state index in [-0.39, 0.29) is 0 Å². The summed E-state index contributed by atoms with van der Waals surface area (Å²) in [6.45, 7) is 8.88. The minimum absolute atomic E-state index is 0.479. The lowest BCUT2D eigenvalue weighted by atomic mass is 10.0. The van der Waals surface area contributed by atoms with E-state index < -0.39 is 0 Å². The number of nitrogens with one attached hydrogen (secondary N) is 1. The number of aryl methyl sites for hydroxylation is 1. The average molecular weight is 250 g/mol. The van der Waals surface area contributed by atoms with Gasteiger partial charge in [-0.05, 0) is 18.6 Å². The van der Waals surface area contributed by atoms with Crippen molar-refractivity contribution < 1.29 is 4.42 Å². The van der Waals surface area contributed by atoms with Gasteiger partial charge in [0.2, 0.25) is 0 Å². The van der Waals surface area contributed by atoms with Crippen LogP contribution in [0.1, 0.15) is 50.7 Å². The van der Waals surface area contributed by atoms with Crippen molar-refractivity contribution in [1.29, 1.82) is 0 Å². The lowest BCUT2D eigenvalue weighted by molar-refractivity contribution is 0.143. The van der Waals surface area contributed by atoms with Crippen molar-refractivity contribution in [3.63, 3.8) is 0 Å². The first-order valence-corrected chi connectivity index (χ1v) is 7.38. The van der Waals surface area contributed by atoms with Crippen LogP contribution < -0.4 is 5.32 Å². The summed E-state index contributed by atoms with van der Waals surface area (Å²) in [5.74, 6) is 2.28. The monoisotopic (exact) mass is 250 g/mol. The molecule has 0 amide bonds. The first kappa shape index (κ1) is 13.6. The van der Waals surface area contributed by atoms with Gasteiger partial charge in [-0.3, -0.25) is 4.90 Å². The summed E-state index contributed by atoms with van der Waals surface area (Å²) in [6.07, 6.45) is 4.73. The van der Waals surface area contributed by atoms with Crippen LogP contribution >= 0.6 is 0 Å². The molecule has 1 aromatic heterocycles. The molecular formula is C15H26N2O. The number of rotatable bonds is 6. The Balaban J connectivity index is 2.07. The third-order valence-electron chi connectivity index (χ3n) is 3.78. The minimum atomic E-state index is 0.479. The Morgan fingerprint density at radius 2 is 2.06 bits per heavy atom. The highest BCUT2D eigenvalue weighted by molar-refractivity contribution is 5.11. The second-order valence-corrected chi connectivity index (χ2v) is 5.10. The highest BCUT2D eigenvalue weighted by Crippen LogP contribution is 2.28. The predicted octanol–water partition coefficient (Wildman–Crippen LogP) is 2.98. The predicted molar refractivity (Wildman–Crippen MR) is 74.8 cm³/mol. The minimum Gasteiger partial charge on any atom is -0.464 e. The first-order chi connectivity index (χ1) is 8.85. The average Bonchev–Trinajstić information content (AvgIpc) is 2.89. The molecule has 1 fully saturated rings. The summed E-state index contributed by atoms with van der Waals surface area (Å²) < 4.78 is 5.98. The fourth-order valence-corrected chi connectivity index (χ4v) is 2.66. The maximum absolute atomic E-state index is 5.98. The van der Waals surface area contributed by atoms with Crippen LogP contribution in [0.5, 0.6) is 0 Å². The van der Waals surface area contributed by atoms with Crippen molar-refractivity contribution in [2.75, 3.05) is 26.2 Å². The number of hydrogen-bond donors (Lipinski definition) is 1. The molecule has 3 nitrogen and oxygen atoms in total. The Morgan fingerprint density at radius 1 is 1.28 bits per heavy atom. The summed E-state index contributed by atoms with van der Waals surface area (Å²) in [7, 11) is 0. The summed E-state index contributed by atoms with van der Waals surface area (Å²) in [5.41, 5.74) is 0. The van der Waals surface area contributed by atoms with Crippen LogP contribution in [0.4, 0.5) is 0 Å². The van der Waals surface area contributed by atoms with E-state index in [1.807, 2.05) is 0 Å². The van der Waals surface area contributed by atoms with Gasteiger partial charge in [0.1, 0.15) is 11.5 Å². The normalized spacial score (nSPS) is 19.0. The number of hydrogen-bond acceptors (Lipinski definition) is 3. The van der Waals surface area contributed by atoms with E-state index in [1.165, 1.54) is 25.0 Å². The van der Waals surface area contributed by atoms with E-state index in [0.29, 0.717) is 6.04 Å².